The molecule has 0 radical (unpaired) electrons. The first kappa shape index (κ1) is 18.9. The van der Waals surface area contributed by atoms with Gasteiger partial charge in [0.25, 0.3) is 0 Å². The monoisotopic (exact) mass is 386 g/mol. The Bertz CT molecular complexity index is 940. The summed E-state index contributed by atoms with van der Waals surface area (Å²) in [5.74, 6) is 1.03. The molecule has 0 saturated carbocycles. The van der Waals surface area contributed by atoms with E-state index in [9.17, 15) is 4.79 Å². The Hall–Kier alpha value is -2.88. The van der Waals surface area contributed by atoms with E-state index in [4.69, 9.17) is 5.73 Å². The summed E-state index contributed by atoms with van der Waals surface area (Å²) in [6.45, 7) is 4.64. The van der Waals surface area contributed by atoms with Crippen molar-refractivity contribution < 1.29 is 0 Å². The highest BCUT2D eigenvalue weighted by Gasteiger charge is 2.18. The molecule has 0 fully saturated rings. The highest BCUT2D eigenvalue weighted by Crippen LogP contribution is 2.32. The molecular weight excluding hydrogens is 364 g/mol. The molecule has 1 unspecified atom stereocenters. The second kappa shape index (κ2) is 8.67. The second-order valence-corrected chi connectivity index (χ2v) is 7.25. The van der Waals surface area contributed by atoms with Crippen LogP contribution in [0.15, 0.2) is 40.3 Å². The Morgan fingerprint density at radius 1 is 1.26 bits per heavy atom. The third-order valence-electron chi connectivity index (χ3n) is 3.80. The molecule has 0 aliphatic heterocycles. The molecule has 27 heavy (non-hydrogen) atoms. The van der Waals surface area contributed by atoms with Gasteiger partial charge in [-0.25, -0.2) is 9.89 Å². The first-order valence-corrected chi connectivity index (χ1v) is 9.60. The summed E-state index contributed by atoms with van der Waals surface area (Å²) in [4.78, 5) is 24.8. The summed E-state index contributed by atoms with van der Waals surface area (Å²) in [7, 11) is 0. The molecule has 0 aliphatic rings. The SMILES string of the molecule is CCCCn1c(SC(C)c2nc(N)nc(Nc3ccccc3)n2)n[nH]c1=O. The van der Waals surface area contributed by atoms with Gasteiger partial charge in [0.2, 0.25) is 11.9 Å². The lowest BCUT2D eigenvalue weighted by Gasteiger charge is -2.12. The van der Waals surface area contributed by atoms with Crippen LogP contribution in [0.5, 0.6) is 0 Å². The zero-order valence-electron chi connectivity index (χ0n) is 15.2. The number of nitrogens with zero attached hydrogens (tertiary/aromatic N) is 5. The Labute approximate surface area is 160 Å². The van der Waals surface area contributed by atoms with E-state index in [1.54, 1.807) is 4.57 Å². The number of benzene rings is 1. The molecule has 3 aromatic rings. The summed E-state index contributed by atoms with van der Waals surface area (Å²) >= 11 is 1.40. The first-order chi connectivity index (χ1) is 13.1. The third-order valence-corrected chi connectivity index (χ3v) is 4.89. The number of aromatic nitrogens is 6. The number of aromatic amines is 1. The molecular formula is C17H22N8OS. The van der Waals surface area contributed by atoms with Gasteiger partial charge in [-0.2, -0.15) is 15.0 Å². The molecule has 3 rings (SSSR count). The topological polar surface area (TPSA) is 127 Å². The minimum Gasteiger partial charge on any atom is -0.368 e. The summed E-state index contributed by atoms with van der Waals surface area (Å²) in [5, 5.41) is 10.2. The minimum atomic E-state index is -0.209. The average Bonchev–Trinajstić information content (AvgIpc) is 2.99. The largest absolute Gasteiger partial charge is 0.368 e. The number of hydrogen-bond donors (Lipinski definition) is 3. The van der Waals surface area contributed by atoms with Gasteiger partial charge in [-0.1, -0.05) is 43.3 Å². The Morgan fingerprint density at radius 2 is 2.04 bits per heavy atom. The molecule has 0 spiro atoms. The summed E-state index contributed by atoms with van der Waals surface area (Å²) in [6.07, 6.45) is 1.90. The van der Waals surface area contributed by atoms with Crippen LogP contribution in [0.2, 0.25) is 0 Å². The first-order valence-electron chi connectivity index (χ1n) is 8.72. The molecule has 0 bridgehead atoms. The molecule has 142 valence electrons. The lowest BCUT2D eigenvalue weighted by atomic mass is 10.3. The lowest BCUT2D eigenvalue weighted by Crippen LogP contribution is -2.17. The van der Waals surface area contributed by atoms with Gasteiger partial charge in [0.05, 0.1) is 5.25 Å². The number of thioether (sulfide) groups is 1. The van der Waals surface area contributed by atoms with Crippen molar-refractivity contribution in [3.8, 4) is 0 Å². The molecule has 4 N–H and O–H groups in total. The van der Waals surface area contributed by atoms with E-state index in [1.165, 1.54) is 11.8 Å². The number of H-pyrrole nitrogens is 1. The van der Waals surface area contributed by atoms with Crippen molar-refractivity contribution >= 4 is 29.3 Å². The van der Waals surface area contributed by atoms with Crippen LogP contribution in [0.4, 0.5) is 17.6 Å². The number of anilines is 3. The van der Waals surface area contributed by atoms with Gasteiger partial charge >= 0.3 is 5.69 Å². The van der Waals surface area contributed by atoms with Gasteiger partial charge in [0.1, 0.15) is 5.82 Å². The normalized spacial score (nSPS) is 12.1. The van der Waals surface area contributed by atoms with E-state index in [0.29, 0.717) is 23.5 Å². The fraction of sp³-hybridized carbons (Fsp3) is 0.353. The Morgan fingerprint density at radius 3 is 2.78 bits per heavy atom. The molecule has 10 heteroatoms. The number of para-hydroxylation sites is 1. The van der Waals surface area contributed by atoms with Gasteiger partial charge in [0, 0.05) is 12.2 Å². The zero-order chi connectivity index (χ0) is 19.2. The predicted molar refractivity (Wildman–Crippen MR) is 106 cm³/mol. The standard InChI is InChI=1S/C17H22N8OS/c1-3-4-10-25-16(26)23-24-17(25)27-11(2)13-20-14(18)22-15(21-13)19-12-8-6-5-7-9-12/h5-9,11H,3-4,10H2,1-2H3,(H,23,26)(H3,18,19,20,21,22). The Balaban J connectivity index is 1.79. The quantitative estimate of drug-likeness (QED) is 0.504. The number of nitrogens with one attached hydrogen (secondary N) is 2. The van der Waals surface area contributed by atoms with Crippen LogP contribution in [0.1, 0.15) is 37.8 Å². The van der Waals surface area contributed by atoms with Gasteiger partial charge in [0.15, 0.2) is 5.16 Å². The smallest absolute Gasteiger partial charge is 0.343 e. The maximum absolute atomic E-state index is 11.9. The van der Waals surface area contributed by atoms with Crippen molar-refractivity contribution in [3.05, 3.63) is 46.6 Å². The number of unbranched alkanes of at least 4 members (excludes halogenated alkanes) is 1. The van der Waals surface area contributed by atoms with Crippen molar-refractivity contribution in [2.75, 3.05) is 11.1 Å². The van der Waals surface area contributed by atoms with Crippen LogP contribution >= 0.6 is 11.8 Å². The average molecular weight is 386 g/mol. The van der Waals surface area contributed by atoms with Gasteiger partial charge in [-0.15, -0.1) is 5.10 Å². The Kier molecular flexibility index (Phi) is 6.07. The van der Waals surface area contributed by atoms with E-state index in [0.717, 1.165) is 18.5 Å². The van der Waals surface area contributed by atoms with Crippen LogP contribution < -0.4 is 16.7 Å². The van der Waals surface area contributed by atoms with Crippen LogP contribution in [-0.4, -0.2) is 29.7 Å². The van der Waals surface area contributed by atoms with Crippen molar-refractivity contribution in [2.24, 2.45) is 0 Å². The van der Waals surface area contributed by atoms with Crippen molar-refractivity contribution in [3.63, 3.8) is 0 Å². The molecule has 9 nitrogen and oxygen atoms in total. The minimum absolute atomic E-state index is 0.135. The van der Waals surface area contributed by atoms with Gasteiger partial charge in [-0.3, -0.25) is 4.57 Å². The third kappa shape index (κ3) is 4.85. The molecule has 2 heterocycles. The zero-order valence-corrected chi connectivity index (χ0v) is 16.0. The van der Waals surface area contributed by atoms with Crippen molar-refractivity contribution in [2.45, 2.75) is 43.6 Å². The second-order valence-electron chi connectivity index (χ2n) is 5.94. The van der Waals surface area contributed by atoms with E-state index < -0.39 is 0 Å². The number of nitrogen functional groups attached to an aromatic ring is 1. The summed E-state index contributed by atoms with van der Waals surface area (Å²) in [5.41, 5.74) is 6.50. The highest BCUT2D eigenvalue weighted by atomic mass is 32.2. The fourth-order valence-corrected chi connectivity index (χ4v) is 3.34. The van der Waals surface area contributed by atoms with Crippen molar-refractivity contribution in [1.82, 2.24) is 29.7 Å². The number of nitrogens with two attached hydrogens (primary N) is 1. The van der Waals surface area contributed by atoms with Crippen LogP contribution in [0, 0.1) is 0 Å². The fourth-order valence-electron chi connectivity index (χ4n) is 2.42. The maximum Gasteiger partial charge on any atom is 0.343 e. The van der Waals surface area contributed by atoms with Gasteiger partial charge in [-0.05, 0) is 25.5 Å². The van der Waals surface area contributed by atoms with Crippen LogP contribution in [-0.2, 0) is 6.54 Å². The van der Waals surface area contributed by atoms with E-state index in [-0.39, 0.29) is 16.9 Å². The van der Waals surface area contributed by atoms with E-state index >= 15 is 0 Å². The maximum atomic E-state index is 11.9. The molecule has 1 atom stereocenters. The lowest BCUT2D eigenvalue weighted by molar-refractivity contribution is 0.572. The predicted octanol–water partition coefficient (Wildman–Crippen LogP) is 2.74. The summed E-state index contributed by atoms with van der Waals surface area (Å²) in [6, 6.07) is 9.58. The molecule has 2 aromatic heterocycles. The molecule has 0 aliphatic carbocycles. The number of rotatable bonds is 8. The number of hydrogen-bond acceptors (Lipinski definition) is 8. The highest BCUT2D eigenvalue weighted by molar-refractivity contribution is 7.99. The van der Waals surface area contributed by atoms with Crippen LogP contribution in [0.25, 0.3) is 0 Å². The molecule has 0 saturated heterocycles. The van der Waals surface area contributed by atoms with Crippen LogP contribution in [0.3, 0.4) is 0 Å². The van der Waals surface area contributed by atoms with E-state index in [2.05, 4.69) is 37.4 Å². The van der Waals surface area contributed by atoms with Crippen molar-refractivity contribution in [1.29, 1.82) is 0 Å². The molecule has 0 amide bonds. The van der Waals surface area contributed by atoms with E-state index in [1.807, 2.05) is 37.3 Å². The van der Waals surface area contributed by atoms with Gasteiger partial charge < -0.3 is 11.1 Å². The molecule has 1 aromatic carbocycles. The summed E-state index contributed by atoms with van der Waals surface area (Å²) < 4.78 is 1.64.